The van der Waals surface area contributed by atoms with Crippen LogP contribution in [0.5, 0.6) is 0 Å². The van der Waals surface area contributed by atoms with E-state index in [4.69, 9.17) is 16.3 Å². The fourth-order valence-electron chi connectivity index (χ4n) is 2.59. The Bertz CT molecular complexity index is 885. The highest BCUT2D eigenvalue weighted by Crippen LogP contribution is 2.20. The molecule has 2 aromatic rings. The van der Waals surface area contributed by atoms with Crippen LogP contribution in [0.4, 0.5) is 5.69 Å². The molecule has 1 amide bonds. The maximum atomic E-state index is 12.5. The van der Waals surface area contributed by atoms with Gasteiger partial charge in [0.05, 0.1) is 37.6 Å². The number of hydrogen-bond donors (Lipinski definition) is 1. The number of rotatable bonds is 7. The average Bonchev–Trinajstić information content (AvgIpc) is 2.68. The Morgan fingerprint density at radius 1 is 1.04 bits per heavy atom. The molecule has 2 rings (SSSR count). The zero-order chi connectivity index (χ0) is 20.7. The first kappa shape index (κ1) is 21.4. The largest absolute Gasteiger partial charge is 0.465 e. The number of ether oxygens (including phenoxy) is 2. The zero-order valence-electron chi connectivity index (χ0n) is 15.8. The second-order valence-corrected chi connectivity index (χ2v) is 6.46. The summed E-state index contributed by atoms with van der Waals surface area (Å²) in [6, 6.07) is 11.6. The number of halogens is 1. The van der Waals surface area contributed by atoms with Gasteiger partial charge in [0.25, 0.3) is 0 Å². The molecule has 0 aliphatic carbocycles. The van der Waals surface area contributed by atoms with Gasteiger partial charge in [-0.3, -0.25) is 9.69 Å². The van der Waals surface area contributed by atoms with Crippen LogP contribution in [0, 0.1) is 0 Å². The predicted octanol–water partition coefficient (Wildman–Crippen LogP) is 2.98. The lowest BCUT2D eigenvalue weighted by atomic mass is 10.1. The second-order valence-electron chi connectivity index (χ2n) is 6.06. The van der Waals surface area contributed by atoms with Crippen LogP contribution in [0.15, 0.2) is 42.5 Å². The topological polar surface area (TPSA) is 84.9 Å². The van der Waals surface area contributed by atoms with Crippen LogP contribution in [0.2, 0.25) is 5.02 Å². The molecule has 0 bridgehead atoms. The third kappa shape index (κ3) is 5.55. The number of nitrogens with one attached hydrogen (secondary N) is 1. The molecular formula is C20H21ClN2O5. The fraction of sp³-hybridized carbons (Fsp3) is 0.250. The Labute approximate surface area is 168 Å². The third-order valence-electron chi connectivity index (χ3n) is 3.93. The standard InChI is InChI=1S/C20H21ClN2O5/c1-23(11-14-6-4-5-7-16(14)21)12-18(24)22-17-10-13(19(25)27-2)8-9-15(17)20(26)28-3/h4-10H,11-12H2,1-3H3,(H,22,24). The normalized spacial score (nSPS) is 10.5. The lowest BCUT2D eigenvalue weighted by Gasteiger charge is -2.18. The summed E-state index contributed by atoms with van der Waals surface area (Å²) in [5, 5.41) is 3.27. The molecule has 2 aromatic carbocycles. The smallest absolute Gasteiger partial charge is 0.339 e. The maximum absolute atomic E-state index is 12.5. The zero-order valence-corrected chi connectivity index (χ0v) is 16.6. The summed E-state index contributed by atoms with van der Waals surface area (Å²) < 4.78 is 9.40. The van der Waals surface area contributed by atoms with Crippen molar-refractivity contribution < 1.29 is 23.9 Å². The monoisotopic (exact) mass is 404 g/mol. The summed E-state index contributed by atoms with van der Waals surface area (Å²) >= 11 is 6.14. The van der Waals surface area contributed by atoms with Gasteiger partial charge in [-0.2, -0.15) is 0 Å². The Morgan fingerprint density at radius 2 is 1.71 bits per heavy atom. The van der Waals surface area contributed by atoms with E-state index in [1.807, 2.05) is 18.2 Å². The van der Waals surface area contributed by atoms with E-state index < -0.39 is 11.9 Å². The van der Waals surface area contributed by atoms with E-state index in [0.717, 1.165) is 5.56 Å². The van der Waals surface area contributed by atoms with Crippen LogP contribution in [0.3, 0.4) is 0 Å². The SMILES string of the molecule is COC(=O)c1ccc(C(=O)OC)c(NC(=O)CN(C)Cc2ccccc2Cl)c1. The summed E-state index contributed by atoms with van der Waals surface area (Å²) in [7, 11) is 4.26. The quantitative estimate of drug-likeness (QED) is 0.714. The number of carbonyl (C=O) groups excluding carboxylic acids is 3. The molecule has 0 saturated carbocycles. The van der Waals surface area contributed by atoms with Gasteiger partial charge in [-0.25, -0.2) is 9.59 Å². The number of nitrogens with zero attached hydrogens (tertiary/aromatic N) is 1. The Balaban J connectivity index is 2.13. The molecule has 8 heteroatoms. The first-order chi connectivity index (χ1) is 13.3. The molecule has 0 spiro atoms. The van der Waals surface area contributed by atoms with Gasteiger partial charge < -0.3 is 14.8 Å². The Morgan fingerprint density at radius 3 is 2.36 bits per heavy atom. The molecule has 148 valence electrons. The average molecular weight is 405 g/mol. The van der Waals surface area contributed by atoms with Gasteiger partial charge in [0.15, 0.2) is 0 Å². The summed E-state index contributed by atoms with van der Waals surface area (Å²) in [5.74, 6) is -1.57. The summed E-state index contributed by atoms with van der Waals surface area (Å²) in [4.78, 5) is 37.9. The molecule has 0 unspecified atom stereocenters. The van der Waals surface area contributed by atoms with Gasteiger partial charge in [-0.05, 0) is 36.9 Å². The number of esters is 2. The van der Waals surface area contributed by atoms with Crippen LogP contribution < -0.4 is 5.32 Å². The summed E-state index contributed by atoms with van der Waals surface area (Å²) in [5.41, 5.74) is 1.40. The van der Waals surface area contributed by atoms with Crippen molar-refractivity contribution in [3.8, 4) is 0 Å². The maximum Gasteiger partial charge on any atom is 0.339 e. The predicted molar refractivity (Wildman–Crippen MR) is 106 cm³/mol. The molecule has 28 heavy (non-hydrogen) atoms. The first-order valence-electron chi connectivity index (χ1n) is 8.38. The molecule has 1 N–H and O–H groups in total. The minimum Gasteiger partial charge on any atom is -0.465 e. The van der Waals surface area contributed by atoms with Gasteiger partial charge in [-0.15, -0.1) is 0 Å². The van der Waals surface area contributed by atoms with Crippen molar-refractivity contribution in [3.05, 3.63) is 64.2 Å². The van der Waals surface area contributed by atoms with Crippen molar-refractivity contribution in [1.82, 2.24) is 4.90 Å². The van der Waals surface area contributed by atoms with E-state index in [1.54, 1.807) is 18.0 Å². The lowest BCUT2D eigenvalue weighted by molar-refractivity contribution is -0.117. The van der Waals surface area contributed by atoms with E-state index in [2.05, 4.69) is 10.1 Å². The number of carbonyl (C=O) groups is 3. The molecule has 0 fully saturated rings. The van der Waals surface area contributed by atoms with Crippen molar-refractivity contribution >= 4 is 35.1 Å². The Kier molecular flexibility index (Phi) is 7.54. The molecule has 7 nitrogen and oxygen atoms in total. The molecule has 0 atom stereocenters. The van der Waals surface area contributed by atoms with E-state index >= 15 is 0 Å². The van der Waals surface area contributed by atoms with Gasteiger partial charge in [0, 0.05) is 11.6 Å². The number of likely N-dealkylation sites (N-methyl/N-ethyl adjacent to an activating group) is 1. The van der Waals surface area contributed by atoms with Crippen molar-refractivity contribution in [2.24, 2.45) is 0 Å². The van der Waals surface area contributed by atoms with Crippen molar-refractivity contribution in [2.45, 2.75) is 6.54 Å². The molecule has 0 saturated heterocycles. The molecular weight excluding hydrogens is 384 g/mol. The molecule has 0 aromatic heterocycles. The third-order valence-corrected chi connectivity index (χ3v) is 4.30. The lowest BCUT2D eigenvalue weighted by Crippen LogP contribution is -2.30. The van der Waals surface area contributed by atoms with Crippen LogP contribution in [-0.4, -0.2) is 50.6 Å². The Hall–Kier alpha value is -2.90. The van der Waals surface area contributed by atoms with E-state index in [1.165, 1.54) is 32.4 Å². The first-order valence-corrected chi connectivity index (χ1v) is 8.76. The van der Waals surface area contributed by atoms with Crippen LogP contribution in [-0.2, 0) is 20.8 Å². The highest BCUT2D eigenvalue weighted by Gasteiger charge is 2.18. The van der Waals surface area contributed by atoms with Crippen LogP contribution in [0.25, 0.3) is 0 Å². The molecule has 0 heterocycles. The van der Waals surface area contributed by atoms with Crippen molar-refractivity contribution in [3.63, 3.8) is 0 Å². The highest BCUT2D eigenvalue weighted by atomic mass is 35.5. The van der Waals surface area contributed by atoms with E-state index in [-0.39, 0.29) is 29.3 Å². The number of hydrogen-bond acceptors (Lipinski definition) is 6. The highest BCUT2D eigenvalue weighted by molar-refractivity contribution is 6.31. The molecule has 0 radical (unpaired) electrons. The minimum atomic E-state index is -0.629. The fourth-order valence-corrected chi connectivity index (χ4v) is 2.78. The number of amides is 1. The molecule has 0 aliphatic heterocycles. The van der Waals surface area contributed by atoms with Crippen LogP contribution in [0.1, 0.15) is 26.3 Å². The van der Waals surface area contributed by atoms with Crippen LogP contribution >= 0.6 is 11.6 Å². The van der Waals surface area contributed by atoms with E-state index in [9.17, 15) is 14.4 Å². The minimum absolute atomic E-state index is 0.0499. The van der Waals surface area contributed by atoms with Gasteiger partial charge in [-0.1, -0.05) is 29.8 Å². The van der Waals surface area contributed by atoms with Gasteiger partial charge in [0.1, 0.15) is 0 Å². The van der Waals surface area contributed by atoms with Crippen molar-refractivity contribution in [2.75, 3.05) is 33.1 Å². The number of methoxy groups -OCH3 is 2. The van der Waals surface area contributed by atoms with Crippen molar-refractivity contribution in [1.29, 1.82) is 0 Å². The van der Waals surface area contributed by atoms with E-state index in [0.29, 0.717) is 11.6 Å². The summed E-state index contributed by atoms with van der Waals surface area (Å²) in [6.07, 6.45) is 0. The van der Waals surface area contributed by atoms with Gasteiger partial charge >= 0.3 is 11.9 Å². The molecule has 0 aliphatic rings. The number of benzene rings is 2. The number of anilines is 1. The second kappa shape index (κ2) is 9.87. The van der Waals surface area contributed by atoms with Gasteiger partial charge in [0.2, 0.25) is 5.91 Å². The summed E-state index contributed by atoms with van der Waals surface area (Å²) in [6.45, 7) is 0.521.